The number of amides is 1. The molecule has 0 aliphatic heterocycles. The van der Waals surface area contributed by atoms with Crippen LogP contribution in [0.2, 0.25) is 5.02 Å². The molecule has 0 aliphatic carbocycles. The predicted octanol–water partition coefficient (Wildman–Crippen LogP) is 3.37. The molecular formula is C14H12ClNO3S. The SMILES string of the molecule is COC(=O)c1ccc(Cl)cc1NC(=O)Cc1ccsc1. The van der Waals surface area contributed by atoms with E-state index in [0.717, 1.165) is 5.56 Å². The van der Waals surface area contributed by atoms with Crippen LogP contribution in [0.1, 0.15) is 15.9 Å². The average Bonchev–Trinajstić information content (AvgIpc) is 2.90. The van der Waals surface area contributed by atoms with Crippen molar-refractivity contribution in [3.8, 4) is 0 Å². The van der Waals surface area contributed by atoms with Crippen molar-refractivity contribution in [1.82, 2.24) is 0 Å². The zero-order valence-electron chi connectivity index (χ0n) is 10.7. The molecular weight excluding hydrogens is 298 g/mol. The number of nitrogens with one attached hydrogen (secondary N) is 1. The van der Waals surface area contributed by atoms with Gasteiger partial charge in [-0.3, -0.25) is 4.79 Å². The zero-order valence-corrected chi connectivity index (χ0v) is 12.3. The van der Waals surface area contributed by atoms with E-state index < -0.39 is 5.97 Å². The van der Waals surface area contributed by atoms with Gasteiger partial charge in [-0.1, -0.05) is 11.6 Å². The first kappa shape index (κ1) is 14.6. The summed E-state index contributed by atoms with van der Waals surface area (Å²) >= 11 is 7.42. The summed E-state index contributed by atoms with van der Waals surface area (Å²) in [4.78, 5) is 23.6. The Morgan fingerprint density at radius 3 is 2.80 bits per heavy atom. The van der Waals surface area contributed by atoms with Crippen molar-refractivity contribution in [2.24, 2.45) is 0 Å². The maximum absolute atomic E-state index is 12.0. The lowest BCUT2D eigenvalue weighted by Crippen LogP contribution is -2.17. The number of methoxy groups -OCH3 is 1. The Labute approximate surface area is 125 Å². The van der Waals surface area contributed by atoms with E-state index in [1.54, 1.807) is 6.07 Å². The summed E-state index contributed by atoms with van der Waals surface area (Å²) in [5, 5.41) is 6.93. The van der Waals surface area contributed by atoms with E-state index in [-0.39, 0.29) is 17.9 Å². The molecule has 2 rings (SSSR count). The topological polar surface area (TPSA) is 55.4 Å². The number of carbonyl (C=O) groups excluding carboxylic acids is 2. The molecule has 1 aromatic carbocycles. The molecule has 104 valence electrons. The molecule has 1 aromatic heterocycles. The number of hydrogen-bond donors (Lipinski definition) is 1. The lowest BCUT2D eigenvalue weighted by Gasteiger charge is -2.10. The first-order valence-electron chi connectivity index (χ1n) is 5.79. The van der Waals surface area contributed by atoms with Crippen LogP contribution in [0.25, 0.3) is 0 Å². The molecule has 0 radical (unpaired) electrons. The van der Waals surface area contributed by atoms with Crippen LogP contribution in [0.15, 0.2) is 35.0 Å². The summed E-state index contributed by atoms with van der Waals surface area (Å²) in [6.45, 7) is 0. The normalized spacial score (nSPS) is 10.1. The van der Waals surface area contributed by atoms with Crippen LogP contribution in [0.5, 0.6) is 0 Å². The lowest BCUT2D eigenvalue weighted by molar-refractivity contribution is -0.115. The van der Waals surface area contributed by atoms with Gasteiger partial charge in [0.2, 0.25) is 5.91 Å². The molecule has 4 nitrogen and oxygen atoms in total. The number of esters is 1. The van der Waals surface area contributed by atoms with Gasteiger partial charge < -0.3 is 10.1 Å². The van der Waals surface area contributed by atoms with Crippen LogP contribution >= 0.6 is 22.9 Å². The molecule has 0 saturated carbocycles. The third kappa shape index (κ3) is 3.59. The molecule has 1 N–H and O–H groups in total. The third-order valence-electron chi connectivity index (χ3n) is 2.61. The number of benzene rings is 1. The standard InChI is InChI=1S/C14H12ClNO3S/c1-19-14(18)11-3-2-10(15)7-12(11)16-13(17)6-9-4-5-20-8-9/h2-5,7-8H,6H2,1H3,(H,16,17). The number of carbonyl (C=O) groups is 2. The molecule has 1 heterocycles. The minimum absolute atomic E-state index is 0.212. The van der Waals surface area contributed by atoms with Crippen LogP contribution in [-0.2, 0) is 16.0 Å². The van der Waals surface area contributed by atoms with E-state index in [0.29, 0.717) is 10.7 Å². The van der Waals surface area contributed by atoms with E-state index in [1.807, 2.05) is 16.8 Å². The van der Waals surface area contributed by atoms with Gasteiger partial charge in [-0.2, -0.15) is 11.3 Å². The van der Waals surface area contributed by atoms with Crippen LogP contribution in [0, 0.1) is 0 Å². The Balaban J connectivity index is 2.17. The summed E-state index contributed by atoms with van der Waals surface area (Å²) < 4.78 is 4.67. The van der Waals surface area contributed by atoms with Crippen molar-refractivity contribution >= 4 is 40.5 Å². The number of anilines is 1. The fourth-order valence-electron chi connectivity index (χ4n) is 1.68. The van der Waals surface area contributed by atoms with Crippen molar-refractivity contribution in [2.75, 3.05) is 12.4 Å². The van der Waals surface area contributed by atoms with E-state index in [2.05, 4.69) is 10.1 Å². The fourth-order valence-corrected chi connectivity index (χ4v) is 2.52. The first-order valence-corrected chi connectivity index (χ1v) is 7.11. The monoisotopic (exact) mass is 309 g/mol. The second-order valence-electron chi connectivity index (χ2n) is 4.04. The smallest absolute Gasteiger partial charge is 0.339 e. The van der Waals surface area contributed by atoms with Crippen molar-refractivity contribution in [3.63, 3.8) is 0 Å². The summed E-state index contributed by atoms with van der Waals surface area (Å²) in [7, 11) is 1.29. The molecule has 0 saturated heterocycles. The molecule has 6 heteroatoms. The zero-order chi connectivity index (χ0) is 14.5. The Kier molecular flexibility index (Phi) is 4.76. The highest BCUT2D eigenvalue weighted by molar-refractivity contribution is 7.08. The van der Waals surface area contributed by atoms with Gasteiger partial charge in [0.25, 0.3) is 0 Å². The molecule has 0 bridgehead atoms. The van der Waals surface area contributed by atoms with Crippen molar-refractivity contribution in [2.45, 2.75) is 6.42 Å². The summed E-state index contributed by atoms with van der Waals surface area (Å²) in [6.07, 6.45) is 0.247. The summed E-state index contributed by atoms with van der Waals surface area (Å²) in [5.41, 5.74) is 1.55. The maximum atomic E-state index is 12.0. The van der Waals surface area contributed by atoms with Gasteiger partial charge in [0, 0.05) is 5.02 Å². The van der Waals surface area contributed by atoms with Crippen LogP contribution in [0.3, 0.4) is 0 Å². The quantitative estimate of drug-likeness (QED) is 0.881. The molecule has 0 atom stereocenters. The molecule has 0 unspecified atom stereocenters. The van der Waals surface area contributed by atoms with Crippen molar-refractivity contribution in [1.29, 1.82) is 0 Å². The van der Waals surface area contributed by atoms with Crippen molar-refractivity contribution in [3.05, 3.63) is 51.2 Å². The molecule has 0 fully saturated rings. The van der Waals surface area contributed by atoms with Gasteiger partial charge in [0.1, 0.15) is 0 Å². The van der Waals surface area contributed by atoms with E-state index in [9.17, 15) is 9.59 Å². The Morgan fingerprint density at radius 2 is 2.15 bits per heavy atom. The minimum Gasteiger partial charge on any atom is -0.465 e. The van der Waals surface area contributed by atoms with Gasteiger partial charge >= 0.3 is 5.97 Å². The molecule has 2 aromatic rings. The predicted molar refractivity (Wildman–Crippen MR) is 79.4 cm³/mol. The van der Waals surface area contributed by atoms with Gasteiger partial charge in [-0.15, -0.1) is 0 Å². The third-order valence-corrected chi connectivity index (χ3v) is 3.57. The first-order chi connectivity index (χ1) is 9.60. The maximum Gasteiger partial charge on any atom is 0.339 e. The van der Waals surface area contributed by atoms with Gasteiger partial charge in [0.15, 0.2) is 0 Å². The number of hydrogen-bond acceptors (Lipinski definition) is 4. The van der Waals surface area contributed by atoms with Crippen molar-refractivity contribution < 1.29 is 14.3 Å². The number of ether oxygens (including phenoxy) is 1. The summed E-state index contributed by atoms with van der Waals surface area (Å²) in [5.74, 6) is -0.733. The molecule has 1 amide bonds. The minimum atomic E-state index is -0.521. The molecule has 0 spiro atoms. The summed E-state index contributed by atoms with van der Waals surface area (Å²) in [6, 6.07) is 6.50. The Hall–Kier alpha value is -1.85. The van der Waals surface area contributed by atoms with E-state index >= 15 is 0 Å². The Morgan fingerprint density at radius 1 is 1.35 bits per heavy atom. The second-order valence-corrected chi connectivity index (χ2v) is 5.25. The Bertz CT molecular complexity index is 625. The lowest BCUT2D eigenvalue weighted by atomic mass is 10.1. The number of thiophene rings is 1. The van der Waals surface area contributed by atoms with Crippen LogP contribution < -0.4 is 5.32 Å². The van der Waals surface area contributed by atoms with E-state index in [1.165, 1.54) is 30.6 Å². The molecule has 0 aliphatic rings. The number of rotatable bonds is 4. The number of halogens is 1. The van der Waals surface area contributed by atoms with Gasteiger partial charge in [-0.25, -0.2) is 4.79 Å². The average molecular weight is 310 g/mol. The van der Waals surface area contributed by atoms with Gasteiger partial charge in [-0.05, 0) is 40.6 Å². The fraction of sp³-hybridized carbons (Fsp3) is 0.143. The van der Waals surface area contributed by atoms with Crippen LogP contribution in [0.4, 0.5) is 5.69 Å². The second kappa shape index (κ2) is 6.54. The largest absolute Gasteiger partial charge is 0.465 e. The highest BCUT2D eigenvalue weighted by Crippen LogP contribution is 2.22. The highest BCUT2D eigenvalue weighted by Gasteiger charge is 2.14. The highest BCUT2D eigenvalue weighted by atomic mass is 35.5. The van der Waals surface area contributed by atoms with E-state index in [4.69, 9.17) is 11.6 Å². The van der Waals surface area contributed by atoms with Gasteiger partial charge in [0.05, 0.1) is 24.8 Å². The molecule has 20 heavy (non-hydrogen) atoms. The van der Waals surface area contributed by atoms with Crippen LogP contribution in [-0.4, -0.2) is 19.0 Å².